The van der Waals surface area contributed by atoms with Gasteiger partial charge in [-0.3, -0.25) is 9.97 Å². The molecule has 6 aromatic carbocycles. The Morgan fingerprint density at radius 2 is 0.942 bits per heavy atom. The van der Waals surface area contributed by atoms with Crippen molar-refractivity contribution in [3.05, 3.63) is 199 Å². The summed E-state index contributed by atoms with van der Waals surface area (Å²) in [6, 6.07) is 60.3. The van der Waals surface area contributed by atoms with E-state index in [1.807, 2.05) is 18.5 Å². The molecule has 3 nitrogen and oxygen atoms in total. The van der Waals surface area contributed by atoms with Crippen molar-refractivity contribution in [1.29, 1.82) is 0 Å². The molecule has 0 aliphatic rings. The monoisotopic (exact) mass is 669 g/mol. The van der Waals surface area contributed by atoms with Crippen molar-refractivity contribution in [2.75, 3.05) is 4.90 Å². The van der Waals surface area contributed by atoms with Crippen molar-refractivity contribution in [2.24, 2.45) is 0 Å². The third kappa shape index (κ3) is 6.77. The molecule has 0 saturated heterocycles. The van der Waals surface area contributed by atoms with Gasteiger partial charge in [-0.15, -0.1) is 0 Å². The predicted octanol–water partition coefficient (Wildman–Crippen LogP) is 13.2. The van der Waals surface area contributed by atoms with Crippen LogP contribution in [0.15, 0.2) is 182 Å². The van der Waals surface area contributed by atoms with E-state index in [9.17, 15) is 0 Å². The topological polar surface area (TPSA) is 29.0 Å². The zero-order chi connectivity index (χ0) is 35.4. The van der Waals surface area contributed by atoms with Gasteiger partial charge in [0.2, 0.25) is 0 Å². The third-order valence-corrected chi connectivity index (χ3v) is 9.68. The molecule has 0 N–H and O–H groups in total. The summed E-state index contributed by atoms with van der Waals surface area (Å²) in [7, 11) is 0. The third-order valence-electron chi connectivity index (χ3n) is 9.68. The summed E-state index contributed by atoms with van der Waals surface area (Å²) < 4.78 is 0. The van der Waals surface area contributed by atoms with Gasteiger partial charge in [-0.2, -0.15) is 0 Å². The molecular formula is C49H39N3. The molecule has 8 aromatic rings. The molecule has 0 radical (unpaired) electrons. The Labute approximate surface area is 306 Å². The average molecular weight is 670 g/mol. The Hall–Kier alpha value is -6.58. The fourth-order valence-electron chi connectivity index (χ4n) is 6.86. The molecule has 8 rings (SSSR count). The van der Waals surface area contributed by atoms with Crippen LogP contribution in [0.3, 0.4) is 0 Å². The van der Waals surface area contributed by atoms with E-state index >= 15 is 0 Å². The molecule has 0 fully saturated rings. The Balaban J connectivity index is 1.18. The first kappa shape index (κ1) is 32.6. The number of benzene rings is 6. The molecule has 0 bridgehead atoms. The molecule has 250 valence electrons. The largest absolute Gasteiger partial charge is 0.310 e. The van der Waals surface area contributed by atoms with E-state index in [2.05, 4.69) is 189 Å². The van der Waals surface area contributed by atoms with Crippen LogP contribution in [-0.2, 0) is 0 Å². The van der Waals surface area contributed by atoms with Gasteiger partial charge in [-0.1, -0.05) is 121 Å². The van der Waals surface area contributed by atoms with Gasteiger partial charge in [0, 0.05) is 40.6 Å². The summed E-state index contributed by atoms with van der Waals surface area (Å²) in [6.07, 6.45) is 3.89. The maximum atomic E-state index is 4.89. The maximum absolute atomic E-state index is 4.89. The van der Waals surface area contributed by atoms with Crippen LogP contribution in [-0.4, -0.2) is 9.97 Å². The molecular weight excluding hydrogens is 631 g/mol. The second-order valence-electron chi connectivity index (χ2n) is 13.3. The lowest BCUT2D eigenvalue weighted by molar-refractivity contribution is 1.23. The second kappa shape index (κ2) is 14.3. The van der Waals surface area contributed by atoms with Crippen molar-refractivity contribution in [2.45, 2.75) is 20.8 Å². The summed E-state index contributed by atoms with van der Waals surface area (Å²) >= 11 is 0. The van der Waals surface area contributed by atoms with Crippen molar-refractivity contribution in [3.8, 4) is 55.9 Å². The van der Waals surface area contributed by atoms with Gasteiger partial charge in [-0.25, -0.2) is 0 Å². The maximum Gasteiger partial charge on any atom is 0.0709 e. The van der Waals surface area contributed by atoms with Crippen LogP contribution in [0.5, 0.6) is 0 Å². The normalized spacial score (nSPS) is 11.0. The molecule has 0 spiro atoms. The number of hydrogen-bond donors (Lipinski definition) is 0. The highest BCUT2D eigenvalue weighted by molar-refractivity contribution is 5.84. The van der Waals surface area contributed by atoms with Gasteiger partial charge in [0.05, 0.1) is 11.4 Å². The number of aromatic nitrogens is 2. The predicted molar refractivity (Wildman–Crippen MR) is 218 cm³/mol. The lowest BCUT2D eigenvalue weighted by Crippen LogP contribution is -2.12. The summed E-state index contributed by atoms with van der Waals surface area (Å²) in [5.74, 6) is 0. The van der Waals surface area contributed by atoms with Crippen molar-refractivity contribution in [3.63, 3.8) is 0 Å². The number of pyridine rings is 2. The van der Waals surface area contributed by atoms with Crippen LogP contribution in [0.1, 0.15) is 16.7 Å². The minimum atomic E-state index is 0.929. The van der Waals surface area contributed by atoms with E-state index in [-0.39, 0.29) is 0 Å². The molecule has 52 heavy (non-hydrogen) atoms. The van der Waals surface area contributed by atoms with Crippen LogP contribution in [0.25, 0.3) is 55.9 Å². The van der Waals surface area contributed by atoms with Crippen molar-refractivity contribution >= 4 is 17.1 Å². The Morgan fingerprint density at radius 3 is 1.60 bits per heavy atom. The van der Waals surface area contributed by atoms with Gasteiger partial charge in [-0.05, 0) is 119 Å². The van der Waals surface area contributed by atoms with Crippen LogP contribution in [0.4, 0.5) is 17.1 Å². The molecule has 3 heteroatoms. The number of rotatable bonds is 8. The first-order valence-electron chi connectivity index (χ1n) is 17.7. The summed E-state index contributed by atoms with van der Waals surface area (Å²) in [6.45, 7) is 6.45. The quantitative estimate of drug-likeness (QED) is 0.161. The zero-order valence-corrected chi connectivity index (χ0v) is 29.7. The van der Waals surface area contributed by atoms with Crippen LogP contribution in [0.2, 0.25) is 0 Å². The highest BCUT2D eigenvalue weighted by Gasteiger charge is 2.18. The molecule has 0 aliphatic heterocycles. The number of nitrogens with zero attached hydrogens (tertiary/aromatic N) is 3. The van der Waals surface area contributed by atoms with Crippen molar-refractivity contribution in [1.82, 2.24) is 9.97 Å². The summed E-state index contributed by atoms with van der Waals surface area (Å²) in [5.41, 5.74) is 17.9. The number of hydrogen-bond acceptors (Lipinski definition) is 3. The summed E-state index contributed by atoms with van der Waals surface area (Å²) in [5, 5.41) is 0. The van der Waals surface area contributed by atoms with E-state index in [1.165, 1.54) is 33.4 Å². The average Bonchev–Trinajstić information content (AvgIpc) is 3.20. The van der Waals surface area contributed by atoms with Crippen LogP contribution in [0, 0.1) is 20.8 Å². The van der Waals surface area contributed by atoms with Gasteiger partial charge in [0.15, 0.2) is 0 Å². The number of aryl methyl sites for hydroxylation is 3. The smallest absolute Gasteiger partial charge is 0.0709 e. The molecule has 0 aliphatic carbocycles. The van der Waals surface area contributed by atoms with Gasteiger partial charge < -0.3 is 4.90 Å². The second-order valence-corrected chi connectivity index (χ2v) is 13.3. The Kier molecular flexibility index (Phi) is 8.99. The van der Waals surface area contributed by atoms with E-state index in [0.29, 0.717) is 0 Å². The zero-order valence-electron chi connectivity index (χ0n) is 29.7. The standard InChI is InChI=1S/C49H39N3/c1-34-20-21-35(2)49(28-34)52(45-19-11-17-43(30-45)48-32-46(36(3)33-51-48)40-14-8-5-9-15-40)44-18-10-16-42(29-44)47-31-41(26-27-50-47)39-24-22-38(23-25-39)37-12-6-4-7-13-37/h4-33H,1-3H3. The molecule has 0 atom stereocenters. The fourth-order valence-corrected chi connectivity index (χ4v) is 6.86. The van der Waals surface area contributed by atoms with E-state index < -0.39 is 0 Å². The lowest BCUT2D eigenvalue weighted by atomic mass is 9.99. The highest BCUT2D eigenvalue weighted by Crippen LogP contribution is 2.40. The van der Waals surface area contributed by atoms with Gasteiger partial charge in [0.25, 0.3) is 0 Å². The summed E-state index contributed by atoms with van der Waals surface area (Å²) in [4.78, 5) is 12.1. The van der Waals surface area contributed by atoms with Crippen LogP contribution >= 0.6 is 0 Å². The lowest BCUT2D eigenvalue weighted by Gasteiger charge is -2.28. The number of anilines is 3. The fraction of sp³-hybridized carbons (Fsp3) is 0.0612. The molecule has 0 unspecified atom stereocenters. The van der Waals surface area contributed by atoms with Gasteiger partial charge in [0.1, 0.15) is 0 Å². The van der Waals surface area contributed by atoms with E-state index in [4.69, 9.17) is 9.97 Å². The molecule has 0 saturated carbocycles. The Morgan fingerprint density at radius 1 is 0.385 bits per heavy atom. The van der Waals surface area contributed by atoms with Gasteiger partial charge >= 0.3 is 0 Å². The van der Waals surface area contributed by atoms with E-state index in [1.54, 1.807) is 0 Å². The minimum absolute atomic E-state index is 0.929. The highest BCUT2D eigenvalue weighted by atomic mass is 15.1. The molecule has 2 aromatic heterocycles. The first-order valence-corrected chi connectivity index (χ1v) is 17.7. The molecule has 2 heterocycles. The SMILES string of the molecule is Cc1ccc(C)c(N(c2cccc(-c3cc(-c4ccc(-c5ccccc5)cc4)ccn3)c2)c2cccc(-c3cc(-c4ccccc4)c(C)cn3)c2)c1. The minimum Gasteiger partial charge on any atom is -0.310 e. The molecule has 0 amide bonds. The Bertz CT molecular complexity index is 2490. The first-order chi connectivity index (χ1) is 25.5. The van der Waals surface area contributed by atoms with Crippen molar-refractivity contribution < 1.29 is 0 Å². The van der Waals surface area contributed by atoms with E-state index in [0.717, 1.165) is 56.3 Å². The van der Waals surface area contributed by atoms with Crippen LogP contribution < -0.4 is 4.90 Å².